The average Bonchev–Trinajstić information content (AvgIpc) is 2.39. The van der Waals surface area contributed by atoms with E-state index in [9.17, 15) is 13.6 Å². The lowest BCUT2D eigenvalue weighted by molar-refractivity contribution is -0.141. The molecule has 64 valence electrons. The molecule has 0 aromatic heterocycles. The molecule has 1 aliphatic carbocycles. The van der Waals surface area contributed by atoms with Crippen LogP contribution in [0.4, 0.5) is 8.78 Å². The molecule has 2 atom stereocenters. The van der Waals surface area contributed by atoms with Crippen molar-refractivity contribution in [2.24, 2.45) is 11.8 Å². The van der Waals surface area contributed by atoms with E-state index in [-0.39, 0.29) is 12.8 Å². The summed E-state index contributed by atoms with van der Waals surface area (Å²) >= 11 is 0. The average molecular weight is 164 g/mol. The van der Waals surface area contributed by atoms with Crippen LogP contribution >= 0.6 is 0 Å². The van der Waals surface area contributed by atoms with E-state index in [4.69, 9.17) is 5.11 Å². The number of halogens is 2. The number of hydrogen-bond acceptors (Lipinski definition) is 1. The zero-order valence-electron chi connectivity index (χ0n) is 6.18. The molecule has 4 heteroatoms. The summed E-state index contributed by atoms with van der Waals surface area (Å²) in [5.74, 6) is -4.90. The quantitative estimate of drug-likeness (QED) is 0.689. The molecule has 0 saturated heterocycles. The molecular formula is C7H10F2O2. The lowest BCUT2D eigenvalue weighted by atomic mass is 10.1. The number of rotatable bonds is 3. The fourth-order valence-corrected chi connectivity index (χ4v) is 1.05. The maximum Gasteiger partial charge on any atom is 0.306 e. The molecule has 0 aromatic rings. The van der Waals surface area contributed by atoms with Gasteiger partial charge in [-0.15, -0.1) is 0 Å². The van der Waals surface area contributed by atoms with Gasteiger partial charge in [0.15, 0.2) is 0 Å². The highest BCUT2D eigenvalue weighted by Crippen LogP contribution is 2.51. The predicted octanol–water partition coefficient (Wildman–Crippen LogP) is 1.75. The third kappa shape index (κ3) is 1.88. The third-order valence-corrected chi connectivity index (χ3v) is 2.02. The summed E-state index contributed by atoms with van der Waals surface area (Å²) in [7, 11) is 0. The highest BCUT2D eigenvalue weighted by Gasteiger charge is 2.56. The Kier molecular flexibility index (Phi) is 1.86. The largest absolute Gasteiger partial charge is 0.481 e. The van der Waals surface area contributed by atoms with Crippen LogP contribution in [-0.4, -0.2) is 17.0 Å². The Hall–Kier alpha value is -0.670. The molecule has 1 saturated carbocycles. The minimum atomic E-state index is -2.58. The molecule has 0 amide bonds. The maximum atomic E-state index is 12.2. The van der Waals surface area contributed by atoms with E-state index in [1.807, 2.05) is 0 Å². The van der Waals surface area contributed by atoms with Gasteiger partial charge in [-0.1, -0.05) is 6.92 Å². The molecular weight excluding hydrogens is 154 g/mol. The number of hydrogen-bond donors (Lipinski definition) is 1. The third-order valence-electron chi connectivity index (χ3n) is 2.02. The van der Waals surface area contributed by atoms with Crippen molar-refractivity contribution in [2.75, 3.05) is 0 Å². The summed E-state index contributed by atoms with van der Waals surface area (Å²) in [6, 6.07) is 0. The Bertz CT molecular complexity index is 179. The van der Waals surface area contributed by atoms with Crippen LogP contribution in [0.5, 0.6) is 0 Å². The second-order valence-corrected chi connectivity index (χ2v) is 3.14. The molecule has 0 aliphatic heterocycles. The van der Waals surface area contributed by atoms with Crippen molar-refractivity contribution in [1.82, 2.24) is 0 Å². The van der Waals surface area contributed by atoms with Gasteiger partial charge in [0.2, 0.25) is 0 Å². The first-order chi connectivity index (χ1) is 4.93. The molecule has 1 rings (SSSR count). The number of aliphatic carboxylic acids is 1. The van der Waals surface area contributed by atoms with Crippen LogP contribution in [0, 0.1) is 11.8 Å². The van der Waals surface area contributed by atoms with E-state index < -0.39 is 23.7 Å². The van der Waals surface area contributed by atoms with E-state index in [1.54, 1.807) is 0 Å². The summed E-state index contributed by atoms with van der Waals surface area (Å²) < 4.78 is 24.5. The van der Waals surface area contributed by atoms with Crippen LogP contribution in [-0.2, 0) is 4.79 Å². The van der Waals surface area contributed by atoms with E-state index in [2.05, 4.69) is 0 Å². The van der Waals surface area contributed by atoms with E-state index in [1.165, 1.54) is 6.92 Å². The van der Waals surface area contributed by atoms with Gasteiger partial charge in [-0.2, -0.15) is 0 Å². The van der Waals surface area contributed by atoms with Crippen LogP contribution in [0.3, 0.4) is 0 Å². The molecule has 11 heavy (non-hydrogen) atoms. The van der Waals surface area contributed by atoms with E-state index >= 15 is 0 Å². The SMILES string of the molecule is CC(CC1CC1(F)F)C(=O)O. The Morgan fingerprint density at radius 2 is 2.27 bits per heavy atom. The second kappa shape index (κ2) is 2.43. The molecule has 2 nitrogen and oxygen atoms in total. The molecule has 0 radical (unpaired) electrons. The minimum Gasteiger partial charge on any atom is -0.481 e. The minimum absolute atomic E-state index is 0.0995. The molecule has 0 spiro atoms. The summed E-state index contributed by atoms with van der Waals surface area (Å²) in [6.07, 6.45) is -0.0348. The Labute approximate surface area is 63.2 Å². The summed E-state index contributed by atoms with van der Waals surface area (Å²) in [4.78, 5) is 10.2. The number of alkyl halides is 2. The van der Waals surface area contributed by atoms with Gasteiger partial charge in [0.1, 0.15) is 0 Å². The van der Waals surface area contributed by atoms with Crippen LogP contribution in [0.15, 0.2) is 0 Å². The molecule has 0 heterocycles. The summed E-state index contributed by atoms with van der Waals surface area (Å²) in [5.41, 5.74) is 0. The molecule has 1 fully saturated rings. The smallest absolute Gasteiger partial charge is 0.306 e. The molecule has 0 aromatic carbocycles. The molecule has 1 N–H and O–H groups in total. The van der Waals surface area contributed by atoms with Crippen LogP contribution in [0.1, 0.15) is 19.8 Å². The lowest BCUT2D eigenvalue weighted by Gasteiger charge is -2.03. The number of carbonyl (C=O) groups is 1. The van der Waals surface area contributed by atoms with Crippen LogP contribution in [0.2, 0.25) is 0 Å². The molecule has 1 aliphatic rings. The van der Waals surface area contributed by atoms with Crippen molar-refractivity contribution < 1.29 is 18.7 Å². The van der Waals surface area contributed by atoms with Crippen molar-refractivity contribution >= 4 is 5.97 Å². The second-order valence-electron chi connectivity index (χ2n) is 3.14. The lowest BCUT2D eigenvalue weighted by Crippen LogP contribution is -2.11. The fraction of sp³-hybridized carbons (Fsp3) is 0.857. The highest BCUT2D eigenvalue weighted by atomic mass is 19.3. The van der Waals surface area contributed by atoms with Crippen molar-refractivity contribution in [3.63, 3.8) is 0 Å². The Morgan fingerprint density at radius 1 is 1.82 bits per heavy atom. The van der Waals surface area contributed by atoms with E-state index in [0.29, 0.717) is 0 Å². The van der Waals surface area contributed by atoms with Crippen LogP contribution in [0.25, 0.3) is 0 Å². The van der Waals surface area contributed by atoms with Gasteiger partial charge < -0.3 is 5.11 Å². The zero-order chi connectivity index (χ0) is 8.65. The van der Waals surface area contributed by atoms with Gasteiger partial charge in [0.05, 0.1) is 5.92 Å². The monoisotopic (exact) mass is 164 g/mol. The number of carboxylic acids is 1. The van der Waals surface area contributed by atoms with Gasteiger partial charge >= 0.3 is 5.97 Å². The summed E-state index contributed by atoms with van der Waals surface area (Å²) in [6.45, 7) is 1.46. The predicted molar refractivity (Wildman–Crippen MR) is 34.5 cm³/mol. The number of carboxylic acid groups (broad SMARTS) is 1. The van der Waals surface area contributed by atoms with Gasteiger partial charge in [-0.05, 0) is 6.42 Å². The zero-order valence-corrected chi connectivity index (χ0v) is 6.18. The van der Waals surface area contributed by atoms with E-state index in [0.717, 1.165) is 0 Å². The van der Waals surface area contributed by atoms with Gasteiger partial charge in [0, 0.05) is 12.3 Å². The Balaban J connectivity index is 2.29. The first kappa shape index (κ1) is 8.43. The van der Waals surface area contributed by atoms with Crippen molar-refractivity contribution in [2.45, 2.75) is 25.7 Å². The first-order valence-corrected chi connectivity index (χ1v) is 3.54. The van der Waals surface area contributed by atoms with Gasteiger partial charge in [0.25, 0.3) is 5.92 Å². The standard InChI is InChI=1S/C7H10F2O2/c1-4(6(10)11)2-5-3-7(5,8)9/h4-5H,2-3H2,1H3,(H,10,11). The topological polar surface area (TPSA) is 37.3 Å². The fourth-order valence-electron chi connectivity index (χ4n) is 1.05. The Morgan fingerprint density at radius 3 is 2.55 bits per heavy atom. The van der Waals surface area contributed by atoms with Crippen LogP contribution < -0.4 is 0 Å². The van der Waals surface area contributed by atoms with Gasteiger partial charge in [-0.25, -0.2) is 8.78 Å². The maximum absolute atomic E-state index is 12.2. The highest BCUT2D eigenvalue weighted by molar-refractivity contribution is 5.69. The first-order valence-electron chi connectivity index (χ1n) is 3.54. The normalized spacial score (nSPS) is 29.5. The van der Waals surface area contributed by atoms with Gasteiger partial charge in [-0.3, -0.25) is 4.79 Å². The molecule has 2 unspecified atom stereocenters. The molecule has 0 bridgehead atoms. The van der Waals surface area contributed by atoms with Crippen molar-refractivity contribution in [3.8, 4) is 0 Å². The van der Waals surface area contributed by atoms with Crippen molar-refractivity contribution in [3.05, 3.63) is 0 Å². The summed E-state index contributed by atoms with van der Waals surface area (Å²) in [5, 5.41) is 8.38. The van der Waals surface area contributed by atoms with Crippen molar-refractivity contribution in [1.29, 1.82) is 0 Å².